The first-order valence-corrected chi connectivity index (χ1v) is 5.70. The van der Waals surface area contributed by atoms with E-state index < -0.39 is 0 Å². The first-order valence-electron chi connectivity index (χ1n) is 4.31. The van der Waals surface area contributed by atoms with E-state index in [4.69, 9.17) is 5.73 Å². The van der Waals surface area contributed by atoms with E-state index in [1.54, 1.807) is 18.8 Å². The van der Waals surface area contributed by atoms with E-state index in [0.29, 0.717) is 0 Å². The normalized spacial score (nSPS) is 9.86. The molecule has 1 aromatic heterocycles. The molecule has 0 aliphatic rings. The van der Waals surface area contributed by atoms with Crippen molar-refractivity contribution in [2.24, 2.45) is 0 Å². The Morgan fingerprint density at radius 2 is 2.14 bits per heavy atom. The topological polar surface area (TPSA) is 75.9 Å². The monoisotopic (exact) mass is 213 g/mol. The molecule has 1 heterocycles. The molecule has 5 nitrogen and oxygen atoms in total. The number of rotatable bonds is 5. The molecule has 0 radical (unpaired) electrons. The van der Waals surface area contributed by atoms with Crippen molar-refractivity contribution in [2.45, 2.75) is 0 Å². The number of anilines is 3. The predicted molar refractivity (Wildman–Crippen MR) is 62.9 cm³/mol. The van der Waals surface area contributed by atoms with Gasteiger partial charge in [0.2, 0.25) is 5.95 Å². The number of hydrogen-bond donors (Lipinski definition) is 3. The molecule has 0 spiro atoms. The molecule has 14 heavy (non-hydrogen) atoms. The second-order valence-electron chi connectivity index (χ2n) is 2.67. The Morgan fingerprint density at radius 3 is 2.79 bits per heavy atom. The van der Waals surface area contributed by atoms with Gasteiger partial charge in [-0.05, 0) is 6.26 Å². The minimum absolute atomic E-state index is 0.281. The fourth-order valence-corrected chi connectivity index (χ4v) is 1.27. The van der Waals surface area contributed by atoms with Crippen LogP contribution in [0.4, 0.5) is 17.6 Å². The molecule has 0 aromatic carbocycles. The molecular formula is C8H15N5S. The van der Waals surface area contributed by atoms with Gasteiger partial charge in [-0.25, -0.2) is 0 Å². The standard InChI is InChI=1S/C8H15N5S/c1-10-6-5-7(11-3-4-14-2)13-8(9)12-6/h5H,3-4H2,1-2H3,(H4,9,10,11,12,13). The average Bonchev–Trinajstić information content (AvgIpc) is 2.17. The molecule has 0 unspecified atom stereocenters. The Balaban J connectivity index is 2.62. The lowest BCUT2D eigenvalue weighted by Gasteiger charge is -2.06. The summed E-state index contributed by atoms with van der Waals surface area (Å²) in [5.41, 5.74) is 5.53. The van der Waals surface area contributed by atoms with Gasteiger partial charge in [-0.2, -0.15) is 21.7 Å². The van der Waals surface area contributed by atoms with Crippen LogP contribution in [0.15, 0.2) is 6.07 Å². The van der Waals surface area contributed by atoms with Crippen molar-refractivity contribution in [3.05, 3.63) is 6.07 Å². The lowest BCUT2D eigenvalue weighted by atomic mass is 10.5. The van der Waals surface area contributed by atoms with Gasteiger partial charge in [0.05, 0.1) is 0 Å². The van der Waals surface area contributed by atoms with Crippen LogP contribution in [0.2, 0.25) is 0 Å². The van der Waals surface area contributed by atoms with Gasteiger partial charge in [0.15, 0.2) is 0 Å². The van der Waals surface area contributed by atoms with Crippen molar-refractivity contribution in [1.29, 1.82) is 0 Å². The van der Waals surface area contributed by atoms with Gasteiger partial charge < -0.3 is 16.4 Å². The maximum Gasteiger partial charge on any atom is 0.223 e. The van der Waals surface area contributed by atoms with Crippen LogP contribution in [0.5, 0.6) is 0 Å². The number of nitrogens with two attached hydrogens (primary N) is 1. The molecule has 0 amide bonds. The third-order valence-electron chi connectivity index (χ3n) is 1.61. The number of thioether (sulfide) groups is 1. The Morgan fingerprint density at radius 1 is 1.43 bits per heavy atom. The van der Waals surface area contributed by atoms with Gasteiger partial charge in [0, 0.05) is 25.4 Å². The molecule has 0 aliphatic carbocycles. The van der Waals surface area contributed by atoms with Crippen molar-refractivity contribution >= 4 is 29.3 Å². The third kappa shape index (κ3) is 3.29. The highest BCUT2D eigenvalue weighted by molar-refractivity contribution is 7.98. The summed E-state index contributed by atoms with van der Waals surface area (Å²) in [6, 6.07) is 1.83. The lowest BCUT2D eigenvalue weighted by Crippen LogP contribution is -2.08. The molecule has 1 rings (SSSR count). The fraction of sp³-hybridized carbons (Fsp3) is 0.500. The molecule has 0 aliphatic heterocycles. The van der Waals surface area contributed by atoms with E-state index in [0.717, 1.165) is 23.9 Å². The Bertz CT molecular complexity index is 291. The van der Waals surface area contributed by atoms with E-state index in [1.165, 1.54) is 0 Å². The second kappa shape index (κ2) is 5.54. The zero-order valence-electron chi connectivity index (χ0n) is 8.37. The quantitative estimate of drug-likeness (QED) is 0.630. The van der Waals surface area contributed by atoms with Gasteiger partial charge >= 0.3 is 0 Å². The minimum Gasteiger partial charge on any atom is -0.373 e. The number of nitrogens with one attached hydrogen (secondary N) is 2. The van der Waals surface area contributed by atoms with E-state index in [1.807, 2.05) is 6.07 Å². The highest BCUT2D eigenvalue weighted by atomic mass is 32.2. The molecule has 1 aromatic rings. The van der Waals surface area contributed by atoms with Gasteiger partial charge in [0.1, 0.15) is 11.6 Å². The summed E-state index contributed by atoms with van der Waals surface area (Å²) < 4.78 is 0. The highest BCUT2D eigenvalue weighted by Crippen LogP contribution is 2.11. The summed E-state index contributed by atoms with van der Waals surface area (Å²) in [4.78, 5) is 8.05. The average molecular weight is 213 g/mol. The Hall–Kier alpha value is -1.17. The van der Waals surface area contributed by atoms with Crippen molar-refractivity contribution in [1.82, 2.24) is 9.97 Å². The van der Waals surface area contributed by atoms with Gasteiger partial charge in [-0.15, -0.1) is 0 Å². The fourth-order valence-electron chi connectivity index (χ4n) is 0.966. The first kappa shape index (κ1) is 10.9. The summed E-state index contributed by atoms with van der Waals surface area (Å²) >= 11 is 1.78. The van der Waals surface area contributed by atoms with E-state index >= 15 is 0 Å². The Kier molecular flexibility index (Phi) is 4.31. The van der Waals surface area contributed by atoms with Crippen LogP contribution < -0.4 is 16.4 Å². The highest BCUT2D eigenvalue weighted by Gasteiger charge is 1.99. The molecule has 0 fully saturated rings. The van der Waals surface area contributed by atoms with Crippen LogP contribution in [-0.4, -0.2) is 35.6 Å². The summed E-state index contributed by atoms with van der Waals surface area (Å²) in [5.74, 6) is 2.81. The Labute approximate surface area is 87.9 Å². The molecular weight excluding hydrogens is 198 g/mol. The number of hydrogen-bond acceptors (Lipinski definition) is 6. The predicted octanol–water partition coefficient (Wildman–Crippen LogP) is 0.875. The van der Waals surface area contributed by atoms with E-state index in [9.17, 15) is 0 Å². The van der Waals surface area contributed by atoms with Crippen LogP contribution >= 0.6 is 11.8 Å². The van der Waals surface area contributed by atoms with E-state index in [2.05, 4.69) is 26.9 Å². The molecule has 0 bridgehead atoms. The largest absolute Gasteiger partial charge is 0.373 e. The number of aromatic nitrogens is 2. The number of nitrogen functional groups attached to an aromatic ring is 1. The lowest BCUT2D eigenvalue weighted by molar-refractivity contribution is 1.13. The summed E-state index contributed by atoms with van der Waals surface area (Å²) in [6.45, 7) is 0.876. The molecule has 4 N–H and O–H groups in total. The van der Waals surface area contributed by atoms with Crippen LogP contribution in [0.25, 0.3) is 0 Å². The third-order valence-corrected chi connectivity index (χ3v) is 2.22. The SMILES string of the molecule is CNc1cc(NCCSC)nc(N)n1. The molecule has 0 saturated carbocycles. The maximum atomic E-state index is 5.53. The molecule has 0 saturated heterocycles. The van der Waals surface area contributed by atoms with Crippen LogP contribution in [0, 0.1) is 0 Å². The molecule has 78 valence electrons. The summed E-state index contributed by atoms with van der Waals surface area (Å²) in [5, 5.41) is 6.09. The van der Waals surface area contributed by atoms with Crippen LogP contribution in [0.1, 0.15) is 0 Å². The minimum atomic E-state index is 0.281. The van der Waals surface area contributed by atoms with Crippen molar-refractivity contribution in [3.63, 3.8) is 0 Å². The summed E-state index contributed by atoms with van der Waals surface area (Å²) in [6.07, 6.45) is 2.06. The van der Waals surface area contributed by atoms with Crippen molar-refractivity contribution in [3.8, 4) is 0 Å². The van der Waals surface area contributed by atoms with Gasteiger partial charge in [-0.3, -0.25) is 0 Å². The molecule has 0 atom stereocenters. The van der Waals surface area contributed by atoms with Gasteiger partial charge in [-0.1, -0.05) is 0 Å². The van der Waals surface area contributed by atoms with Crippen molar-refractivity contribution in [2.75, 3.05) is 42.0 Å². The first-order chi connectivity index (χ1) is 6.76. The van der Waals surface area contributed by atoms with Crippen molar-refractivity contribution < 1.29 is 0 Å². The maximum absolute atomic E-state index is 5.53. The van der Waals surface area contributed by atoms with Gasteiger partial charge in [0.25, 0.3) is 0 Å². The molecule has 6 heteroatoms. The zero-order valence-corrected chi connectivity index (χ0v) is 9.19. The van der Waals surface area contributed by atoms with Crippen LogP contribution in [-0.2, 0) is 0 Å². The van der Waals surface area contributed by atoms with E-state index in [-0.39, 0.29) is 5.95 Å². The zero-order chi connectivity index (χ0) is 10.4. The smallest absolute Gasteiger partial charge is 0.223 e. The number of nitrogens with zero attached hydrogens (tertiary/aromatic N) is 2. The summed E-state index contributed by atoms with van der Waals surface area (Å²) in [7, 11) is 1.80. The second-order valence-corrected chi connectivity index (χ2v) is 3.65. The van der Waals surface area contributed by atoms with Crippen LogP contribution in [0.3, 0.4) is 0 Å².